The van der Waals surface area contributed by atoms with Gasteiger partial charge in [0.15, 0.2) is 0 Å². The second kappa shape index (κ2) is 8.12. The highest BCUT2D eigenvalue weighted by Crippen LogP contribution is 2.31. The van der Waals surface area contributed by atoms with Crippen LogP contribution in [-0.4, -0.2) is 0 Å². The predicted molar refractivity (Wildman–Crippen MR) is 108 cm³/mol. The summed E-state index contributed by atoms with van der Waals surface area (Å²) in [5.74, 6) is 0. The number of thiophene rings is 1. The van der Waals surface area contributed by atoms with E-state index in [1.807, 2.05) is 55.5 Å². The molecule has 0 radical (unpaired) electrons. The molecule has 3 rings (SSSR count). The molecule has 0 spiro atoms. The minimum Gasteiger partial charge on any atom is -0.192 e. The standard InChI is InChI=1S/C23H16N2S/c1-17-12-21(26-23(17)13-18(15-24)16-25)14-22(19-8-4-2-5-9-19)20-10-6-3-7-11-20/h2-14H,1H3. The molecule has 0 saturated carbocycles. The number of allylic oxidation sites excluding steroid dienone is 1. The molecule has 0 unspecified atom stereocenters. The van der Waals surface area contributed by atoms with Crippen molar-refractivity contribution in [3.63, 3.8) is 0 Å². The highest BCUT2D eigenvalue weighted by molar-refractivity contribution is 7.14. The largest absolute Gasteiger partial charge is 0.192 e. The maximum absolute atomic E-state index is 8.98. The van der Waals surface area contributed by atoms with Crippen LogP contribution in [0.2, 0.25) is 0 Å². The average molecular weight is 352 g/mol. The molecule has 3 aromatic rings. The predicted octanol–water partition coefficient (Wildman–Crippen LogP) is 6.08. The summed E-state index contributed by atoms with van der Waals surface area (Å²) in [6, 6.07) is 26.5. The average Bonchev–Trinajstić information content (AvgIpc) is 3.04. The van der Waals surface area contributed by atoms with Crippen molar-refractivity contribution >= 4 is 29.1 Å². The number of aryl methyl sites for hydroxylation is 1. The Hall–Kier alpha value is -3.40. The van der Waals surface area contributed by atoms with Crippen LogP contribution in [0.15, 0.2) is 72.3 Å². The third-order valence-electron chi connectivity index (χ3n) is 3.95. The fourth-order valence-electron chi connectivity index (χ4n) is 2.67. The van der Waals surface area contributed by atoms with Crippen molar-refractivity contribution in [2.24, 2.45) is 0 Å². The van der Waals surface area contributed by atoms with E-state index >= 15 is 0 Å². The van der Waals surface area contributed by atoms with Crippen molar-refractivity contribution in [2.45, 2.75) is 6.92 Å². The number of nitrogens with zero attached hydrogens (tertiary/aromatic N) is 2. The molecule has 0 aliphatic carbocycles. The fraction of sp³-hybridized carbons (Fsp3) is 0.0435. The SMILES string of the molecule is Cc1cc(C=C(c2ccccc2)c2ccccc2)sc1C=C(C#N)C#N. The van der Waals surface area contributed by atoms with Crippen LogP contribution in [0.25, 0.3) is 17.7 Å². The lowest BCUT2D eigenvalue weighted by Gasteiger charge is -2.08. The van der Waals surface area contributed by atoms with Gasteiger partial charge in [-0.15, -0.1) is 11.3 Å². The molecule has 0 aliphatic rings. The van der Waals surface area contributed by atoms with Crippen molar-refractivity contribution in [2.75, 3.05) is 0 Å². The molecule has 124 valence electrons. The summed E-state index contributed by atoms with van der Waals surface area (Å²) < 4.78 is 0. The van der Waals surface area contributed by atoms with E-state index in [2.05, 4.69) is 36.4 Å². The van der Waals surface area contributed by atoms with Crippen LogP contribution in [0, 0.1) is 29.6 Å². The number of hydrogen-bond acceptors (Lipinski definition) is 3. The first-order valence-electron chi connectivity index (χ1n) is 8.16. The van der Waals surface area contributed by atoms with Gasteiger partial charge in [0.05, 0.1) is 0 Å². The van der Waals surface area contributed by atoms with Gasteiger partial charge in [-0.1, -0.05) is 60.7 Å². The Morgan fingerprint density at radius 1 is 0.846 bits per heavy atom. The molecule has 0 atom stereocenters. The third-order valence-corrected chi connectivity index (χ3v) is 5.08. The molecule has 0 N–H and O–H groups in total. The van der Waals surface area contributed by atoms with Crippen molar-refractivity contribution in [1.82, 2.24) is 0 Å². The highest BCUT2D eigenvalue weighted by Gasteiger charge is 2.08. The zero-order chi connectivity index (χ0) is 18.4. The van der Waals surface area contributed by atoms with Gasteiger partial charge in [-0.2, -0.15) is 10.5 Å². The summed E-state index contributed by atoms with van der Waals surface area (Å²) in [5, 5.41) is 18.0. The number of nitriles is 2. The van der Waals surface area contributed by atoms with Gasteiger partial charge in [0, 0.05) is 9.75 Å². The zero-order valence-corrected chi connectivity index (χ0v) is 15.1. The van der Waals surface area contributed by atoms with Gasteiger partial charge in [-0.3, -0.25) is 0 Å². The van der Waals surface area contributed by atoms with E-state index in [9.17, 15) is 0 Å². The Morgan fingerprint density at radius 2 is 1.38 bits per heavy atom. The molecule has 0 aliphatic heterocycles. The van der Waals surface area contributed by atoms with Gasteiger partial charge in [0.25, 0.3) is 0 Å². The molecule has 0 bridgehead atoms. The van der Waals surface area contributed by atoms with E-state index in [4.69, 9.17) is 10.5 Å². The smallest absolute Gasteiger partial charge is 0.131 e. The minimum absolute atomic E-state index is 0.122. The van der Waals surface area contributed by atoms with Crippen LogP contribution < -0.4 is 0 Å². The summed E-state index contributed by atoms with van der Waals surface area (Å²) in [7, 11) is 0. The van der Waals surface area contributed by atoms with Gasteiger partial charge >= 0.3 is 0 Å². The topological polar surface area (TPSA) is 47.6 Å². The second-order valence-corrected chi connectivity index (χ2v) is 6.88. The van der Waals surface area contributed by atoms with Crippen LogP contribution in [0.5, 0.6) is 0 Å². The Labute approximate surface area is 157 Å². The van der Waals surface area contributed by atoms with Crippen LogP contribution in [0.4, 0.5) is 0 Å². The quantitative estimate of drug-likeness (QED) is 0.535. The van der Waals surface area contributed by atoms with E-state index < -0.39 is 0 Å². The molecule has 1 heterocycles. The molecule has 3 heteroatoms. The van der Waals surface area contributed by atoms with Gasteiger partial charge in [0.2, 0.25) is 0 Å². The molecule has 0 fully saturated rings. The van der Waals surface area contributed by atoms with Crippen LogP contribution in [-0.2, 0) is 0 Å². The highest BCUT2D eigenvalue weighted by atomic mass is 32.1. The van der Waals surface area contributed by atoms with Crippen molar-refractivity contribution in [1.29, 1.82) is 10.5 Å². The lowest BCUT2D eigenvalue weighted by molar-refractivity contribution is 1.47. The summed E-state index contributed by atoms with van der Waals surface area (Å²) in [6.07, 6.45) is 3.82. The Bertz CT molecular complexity index is 986. The lowest BCUT2D eigenvalue weighted by atomic mass is 9.97. The first-order chi connectivity index (χ1) is 12.7. The first-order valence-corrected chi connectivity index (χ1v) is 8.98. The Balaban J connectivity index is 2.09. The monoisotopic (exact) mass is 352 g/mol. The van der Waals surface area contributed by atoms with Gasteiger partial charge in [0.1, 0.15) is 17.7 Å². The summed E-state index contributed by atoms with van der Waals surface area (Å²) in [4.78, 5) is 2.03. The van der Waals surface area contributed by atoms with E-state index in [-0.39, 0.29) is 5.57 Å². The third kappa shape index (κ3) is 3.98. The Morgan fingerprint density at radius 3 is 1.88 bits per heavy atom. The van der Waals surface area contributed by atoms with E-state index in [1.54, 1.807) is 17.4 Å². The van der Waals surface area contributed by atoms with Crippen molar-refractivity contribution in [3.8, 4) is 12.1 Å². The lowest BCUT2D eigenvalue weighted by Crippen LogP contribution is -1.86. The van der Waals surface area contributed by atoms with Gasteiger partial charge in [-0.05, 0) is 47.4 Å². The molecule has 1 aromatic heterocycles. The molecular formula is C23H16N2S. The number of rotatable bonds is 4. The summed E-state index contributed by atoms with van der Waals surface area (Å²) in [6.45, 7) is 2.00. The maximum atomic E-state index is 8.98. The van der Waals surface area contributed by atoms with E-state index in [0.717, 1.165) is 32.0 Å². The minimum atomic E-state index is 0.122. The number of hydrogen-bond donors (Lipinski definition) is 0. The first kappa shape index (κ1) is 17.4. The molecule has 0 amide bonds. The molecular weight excluding hydrogens is 336 g/mol. The van der Waals surface area contributed by atoms with Crippen LogP contribution in [0.3, 0.4) is 0 Å². The summed E-state index contributed by atoms with van der Waals surface area (Å²) >= 11 is 1.58. The van der Waals surface area contributed by atoms with Crippen LogP contribution in [0.1, 0.15) is 26.4 Å². The maximum Gasteiger partial charge on any atom is 0.131 e. The van der Waals surface area contributed by atoms with E-state index in [0.29, 0.717) is 0 Å². The van der Waals surface area contributed by atoms with Crippen molar-refractivity contribution < 1.29 is 0 Å². The van der Waals surface area contributed by atoms with Crippen LogP contribution >= 0.6 is 11.3 Å². The van der Waals surface area contributed by atoms with Gasteiger partial charge < -0.3 is 0 Å². The Kier molecular flexibility index (Phi) is 5.44. The zero-order valence-electron chi connectivity index (χ0n) is 14.3. The fourth-order valence-corrected chi connectivity index (χ4v) is 3.73. The molecule has 2 aromatic carbocycles. The molecule has 0 saturated heterocycles. The normalized spacial score (nSPS) is 9.65. The second-order valence-electron chi connectivity index (χ2n) is 5.77. The van der Waals surface area contributed by atoms with Gasteiger partial charge in [-0.25, -0.2) is 0 Å². The van der Waals surface area contributed by atoms with E-state index in [1.165, 1.54) is 0 Å². The molecule has 26 heavy (non-hydrogen) atoms. The molecule has 2 nitrogen and oxygen atoms in total. The number of benzene rings is 2. The van der Waals surface area contributed by atoms with Crippen molar-refractivity contribution in [3.05, 3.63) is 98.7 Å². The summed E-state index contributed by atoms with van der Waals surface area (Å²) in [5.41, 5.74) is 4.62.